The number of carbonyl (C=O) groups is 1. The van der Waals surface area contributed by atoms with Crippen LogP contribution >= 0.6 is 27.5 Å². The Balaban J connectivity index is 2.44. The third-order valence-corrected chi connectivity index (χ3v) is 3.60. The summed E-state index contributed by atoms with van der Waals surface area (Å²) in [6.07, 6.45) is 0. The van der Waals surface area contributed by atoms with Crippen LogP contribution in [0.1, 0.15) is 21.5 Å². The van der Waals surface area contributed by atoms with Crippen molar-refractivity contribution in [2.75, 3.05) is 5.73 Å². The van der Waals surface area contributed by atoms with Gasteiger partial charge in [-0.2, -0.15) is 0 Å². The molecule has 0 aliphatic rings. The number of aryl methyl sites for hydroxylation is 1. The van der Waals surface area contributed by atoms with Gasteiger partial charge >= 0.3 is 0 Å². The highest BCUT2D eigenvalue weighted by atomic mass is 79.9. The largest absolute Gasteiger partial charge is 0.399 e. The molecule has 2 N–H and O–H groups in total. The second kappa shape index (κ2) is 5.12. The predicted octanol–water partition coefficient (Wildman–Crippen LogP) is 4.22. The third kappa shape index (κ3) is 2.57. The molecule has 4 heteroatoms. The molecule has 92 valence electrons. The summed E-state index contributed by atoms with van der Waals surface area (Å²) in [6.45, 7) is 1.88. The molecule has 0 amide bonds. The Morgan fingerprint density at radius 3 is 2.56 bits per heavy atom. The van der Waals surface area contributed by atoms with E-state index in [1.165, 1.54) is 0 Å². The van der Waals surface area contributed by atoms with Crippen LogP contribution < -0.4 is 5.73 Å². The molecule has 0 aliphatic carbocycles. The highest BCUT2D eigenvalue weighted by Crippen LogP contribution is 2.25. The monoisotopic (exact) mass is 323 g/mol. The first-order chi connectivity index (χ1) is 8.49. The molecule has 0 unspecified atom stereocenters. The topological polar surface area (TPSA) is 43.1 Å². The number of nitrogen functional groups attached to an aromatic ring is 1. The molecular formula is C14H11BrClNO. The molecule has 18 heavy (non-hydrogen) atoms. The van der Waals surface area contributed by atoms with Crippen molar-refractivity contribution < 1.29 is 4.79 Å². The molecule has 2 aromatic carbocycles. The highest BCUT2D eigenvalue weighted by molar-refractivity contribution is 9.10. The fraction of sp³-hybridized carbons (Fsp3) is 0.0714. The minimum atomic E-state index is -0.0540. The Labute approximate surface area is 119 Å². The van der Waals surface area contributed by atoms with Crippen LogP contribution in [0.2, 0.25) is 5.02 Å². The van der Waals surface area contributed by atoms with E-state index in [1.54, 1.807) is 36.4 Å². The molecule has 0 atom stereocenters. The lowest BCUT2D eigenvalue weighted by Gasteiger charge is -2.06. The maximum absolute atomic E-state index is 12.3. The molecular weight excluding hydrogens is 314 g/mol. The van der Waals surface area contributed by atoms with Gasteiger partial charge in [0.25, 0.3) is 0 Å². The third-order valence-electron chi connectivity index (χ3n) is 2.71. The summed E-state index contributed by atoms with van der Waals surface area (Å²) in [5.74, 6) is -0.0540. The smallest absolute Gasteiger partial charge is 0.194 e. The summed E-state index contributed by atoms with van der Waals surface area (Å²) in [4.78, 5) is 12.3. The summed E-state index contributed by atoms with van der Waals surface area (Å²) >= 11 is 9.20. The lowest BCUT2D eigenvalue weighted by atomic mass is 10.0. The molecule has 2 rings (SSSR count). The SMILES string of the molecule is Cc1cc(C(=O)c2ccc(Cl)cc2Br)ccc1N. The average molecular weight is 325 g/mol. The summed E-state index contributed by atoms with van der Waals surface area (Å²) in [6, 6.07) is 10.4. The molecule has 0 spiro atoms. The number of carbonyl (C=O) groups excluding carboxylic acids is 1. The normalized spacial score (nSPS) is 10.4. The first-order valence-electron chi connectivity index (χ1n) is 5.35. The van der Waals surface area contributed by atoms with Crippen molar-refractivity contribution in [2.45, 2.75) is 6.92 Å². The predicted molar refractivity (Wildman–Crippen MR) is 78.2 cm³/mol. The number of halogens is 2. The molecule has 0 bridgehead atoms. The van der Waals surface area contributed by atoms with Crippen molar-refractivity contribution in [3.8, 4) is 0 Å². The molecule has 0 heterocycles. The quantitative estimate of drug-likeness (QED) is 0.664. The fourth-order valence-corrected chi connectivity index (χ4v) is 2.51. The second-order valence-electron chi connectivity index (χ2n) is 4.02. The Morgan fingerprint density at radius 1 is 1.22 bits per heavy atom. The standard InChI is InChI=1S/C14H11BrClNO/c1-8-6-9(2-5-13(8)17)14(18)11-4-3-10(16)7-12(11)15/h2-7H,17H2,1H3. The van der Waals surface area contributed by atoms with Crippen LogP contribution in [0.4, 0.5) is 5.69 Å². The molecule has 0 saturated carbocycles. The van der Waals surface area contributed by atoms with E-state index in [9.17, 15) is 4.79 Å². The van der Waals surface area contributed by atoms with Crippen LogP contribution in [-0.4, -0.2) is 5.78 Å². The van der Waals surface area contributed by atoms with Crippen molar-refractivity contribution in [2.24, 2.45) is 0 Å². The lowest BCUT2D eigenvalue weighted by molar-refractivity contribution is 0.103. The van der Waals surface area contributed by atoms with Crippen LogP contribution in [-0.2, 0) is 0 Å². The minimum absolute atomic E-state index is 0.0540. The molecule has 0 fully saturated rings. The zero-order chi connectivity index (χ0) is 13.3. The number of nitrogens with two attached hydrogens (primary N) is 1. The number of rotatable bonds is 2. The van der Waals surface area contributed by atoms with Crippen LogP contribution in [0, 0.1) is 6.92 Å². The van der Waals surface area contributed by atoms with Crippen molar-refractivity contribution >= 4 is 39.0 Å². The van der Waals surface area contributed by atoms with Gasteiger partial charge in [-0.15, -0.1) is 0 Å². The van der Waals surface area contributed by atoms with Crippen molar-refractivity contribution in [3.05, 3.63) is 62.6 Å². The molecule has 0 saturated heterocycles. The Hall–Kier alpha value is -1.32. The fourth-order valence-electron chi connectivity index (χ4n) is 1.65. The maximum atomic E-state index is 12.3. The van der Waals surface area contributed by atoms with Crippen molar-refractivity contribution in [1.29, 1.82) is 0 Å². The van der Waals surface area contributed by atoms with E-state index in [-0.39, 0.29) is 5.78 Å². The van der Waals surface area contributed by atoms with Crippen molar-refractivity contribution in [3.63, 3.8) is 0 Å². The van der Waals surface area contributed by atoms with E-state index in [4.69, 9.17) is 17.3 Å². The summed E-state index contributed by atoms with van der Waals surface area (Å²) in [5.41, 5.74) is 8.52. The van der Waals surface area contributed by atoms with Gasteiger partial charge in [0.2, 0.25) is 0 Å². The van der Waals surface area contributed by atoms with Crippen LogP contribution in [0.15, 0.2) is 40.9 Å². The van der Waals surface area contributed by atoms with Crippen LogP contribution in [0.5, 0.6) is 0 Å². The average Bonchev–Trinajstić information content (AvgIpc) is 2.32. The van der Waals surface area contributed by atoms with Gasteiger partial charge in [0.1, 0.15) is 0 Å². The summed E-state index contributed by atoms with van der Waals surface area (Å²) in [5, 5.41) is 0.590. The second-order valence-corrected chi connectivity index (χ2v) is 5.32. The van der Waals surface area contributed by atoms with Crippen molar-refractivity contribution in [1.82, 2.24) is 0 Å². The van der Waals surface area contributed by atoms with Gasteiger partial charge in [-0.3, -0.25) is 4.79 Å². The first kappa shape index (κ1) is 13.1. The van der Waals surface area contributed by atoms with Gasteiger partial charge in [0, 0.05) is 26.3 Å². The van der Waals surface area contributed by atoms with Gasteiger partial charge in [-0.25, -0.2) is 0 Å². The number of hydrogen-bond acceptors (Lipinski definition) is 2. The maximum Gasteiger partial charge on any atom is 0.194 e. The Bertz CT molecular complexity index is 625. The van der Waals surface area contributed by atoms with Gasteiger partial charge in [-0.05, 0) is 64.8 Å². The summed E-state index contributed by atoms with van der Waals surface area (Å²) < 4.78 is 0.689. The van der Waals surface area contributed by atoms with Gasteiger partial charge in [-0.1, -0.05) is 11.6 Å². The molecule has 0 aliphatic heterocycles. The summed E-state index contributed by atoms with van der Waals surface area (Å²) in [7, 11) is 0. The van der Waals surface area contributed by atoms with Gasteiger partial charge in [0.15, 0.2) is 5.78 Å². The van der Waals surface area contributed by atoms with Crippen LogP contribution in [0.25, 0.3) is 0 Å². The molecule has 0 aromatic heterocycles. The number of ketones is 1. The van der Waals surface area contributed by atoms with E-state index >= 15 is 0 Å². The number of anilines is 1. The van der Waals surface area contributed by atoms with E-state index < -0.39 is 0 Å². The number of benzene rings is 2. The van der Waals surface area contributed by atoms with E-state index in [2.05, 4.69) is 15.9 Å². The number of hydrogen-bond donors (Lipinski definition) is 1. The van der Waals surface area contributed by atoms with E-state index in [0.29, 0.717) is 26.3 Å². The zero-order valence-electron chi connectivity index (χ0n) is 9.71. The minimum Gasteiger partial charge on any atom is -0.399 e. The van der Waals surface area contributed by atoms with Crippen LogP contribution in [0.3, 0.4) is 0 Å². The lowest BCUT2D eigenvalue weighted by Crippen LogP contribution is -2.03. The van der Waals surface area contributed by atoms with E-state index in [1.807, 2.05) is 6.92 Å². The molecule has 2 aromatic rings. The zero-order valence-corrected chi connectivity index (χ0v) is 12.0. The van der Waals surface area contributed by atoms with Gasteiger partial charge < -0.3 is 5.73 Å². The molecule has 0 radical (unpaired) electrons. The Kier molecular flexibility index (Phi) is 3.73. The highest BCUT2D eigenvalue weighted by Gasteiger charge is 2.13. The van der Waals surface area contributed by atoms with Gasteiger partial charge in [0.05, 0.1) is 0 Å². The molecule has 2 nitrogen and oxygen atoms in total. The first-order valence-corrected chi connectivity index (χ1v) is 6.52. The Morgan fingerprint density at radius 2 is 1.94 bits per heavy atom. The van der Waals surface area contributed by atoms with E-state index in [0.717, 1.165) is 5.56 Å².